The molecule has 0 aliphatic rings. The zero-order valence-electron chi connectivity index (χ0n) is 8.84. The van der Waals surface area contributed by atoms with Gasteiger partial charge in [0.1, 0.15) is 5.84 Å². The molecular weight excluding hydrogens is 220 g/mol. The summed E-state index contributed by atoms with van der Waals surface area (Å²) >= 11 is 1.55. The van der Waals surface area contributed by atoms with Crippen molar-refractivity contribution >= 4 is 32.5 Å². The predicted molar refractivity (Wildman–Crippen MR) is 69.7 cm³/mol. The Morgan fingerprint density at radius 2 is 2.31 bits per heavy atom. The second kappa shape index (κ2) is 4.76. The molecule has 82 valence electrons. The Bertz CT molecular complexity index is 509. The third-order valence-corrected chi connectivity index (χ3v) is 2.85. The van der Waals surface area contributed by atoms with Crippen LogP contribution in [-0.4, -0.2) is 10.8 Å². The molecule has 0 spiro atoms. The number of para-hydroxylation sites is 1. The first-order valence-electron chi connectivity index (χ1n) is 4.87. The Morgan fingerprint density at radius 1 is 1.50 bits per heavy atom. The van der Waals surface area contributed by atoms with Crippen LogP contribution in [0, 0.1) is 0 Å². The van der Waals surface area contributed by atoms with E-state index in [0.717, 1.165) is 15.3 Å². The number of fused-ring (bicyclic) bond motifs is 1. The fourth-order valence-corrected chi connectivity index (χ4v) is 2.05. The van der Waals surface area contributed by atoms with Crippen molar-refractivity contribution in [3.8, 4) is 0 Å². The molecule has 4 nitrogen and oxygen atoms in total. The van der Waals surface area contributed by atoms with Crippen molar-refractivity contribution in [3.05, 3.63) is 36.4 Å². The van der Waals surface area contributed by atoms with Crippen LogP contribution in [0.1, 0.15) is 6.92 Å². The van der Waals surface area contributed by atoms with Crippen LogP contribution in [0.3, 0.4) is 0 Å². The summed E-state index contributed by atoms with van der Waals surface area (Å²) in [5.74, 6) is 0.432. The molecule has 5 heteroatoms. The second-order valence-corrected chi connectivity index (χ2v) is 4.17. The number of hydrogen-bond donors (Lipinski definition) is 2. The Kier molecular flexibility index (Phi) is 3.16. The van der Waals surface area contributed by atoms with E-state index in [-0.39, 0.29) is 0 Å². The summed E-state index contributed by atoms with van der Waals surface area (Å²) in [4.78, 5) is 4.37. The third-order valence-electron chi connectivity index (χ3n) is 1.91. The van der Waals surface area contributed by atoms with Crippen LogP contribution in [0.5, 0.6) is 0 Å². The zero-order valence-corrected chi connectivity index (χ0v) is 9.66. The zero-order chi connectivity index (χ0) is 11.4. The number of benzene rings is 1. The Balaban J connectivity index is 2.19. The van der Waals surface area contributed by atoms with Crippen molar-refractivity contribution in [3.63, 3.8) is 0 Å². The van der Waals surface area contributed by atoms with Crippen LogP contribution in [0.2, 0.25) is 0 Å². The quantitative estimate of drug-likeness (QED) is 0.485. The number of amidine groups is 1. The summed E-state index contributed by atoms with van der Waals surface area (Å²) < 4.78 is 1.13. The summed E-state index contributed by atoms with van der Waals surface area (Å²) in [6.45, 7) is 1.89. The van der Waals surface area contributed by atoms with E-state index in [1.54, 1.807) is 17.4 Å². The summed E-state index contributed by atoms with van der Waals surface area (Å²) in [7, 11) is 0. The van der Waals surface area contributed by atoms with Gasteiger partial charge in [-0.25, -0.2) is 4.98 Å². The number of rotatable bonds is 3. The Morgan fingerprint density at radius 3 is 3.06 bits per heavy atom. The van der Waals surface area contributed by atoms with Gasteiger partial charge in [0, 0.05) is 0 Å². The molecule has 0 amide bonds. The van der Waals surface area contributed by atoms with Gasteiger partial charge >= 0.3 is 0 Å². The van der Waals surface area contributed by atoms with Gasteiger partial charge in [0.25, 0.3) is 0 Å². The van der Waals surface area contributed by atoms with Crippen molar-refractivity contribution in [1.82, 2.24) is 4.98 Å². The molecule has 0 fully saturated rings. The molecule has 16 heavy (non-hydrogen) atoms. The molecule has 0 saturated heterocycles. The van der Waals surface area contributed by atoms with Gasteiger partial charge in [-0.05, 0) is 25.1 Å². The molecule has 0 radical (unpaired) electrons. The molecule has 1 aromatic heterocycles. The number of hydrogen-bond acceptors (Lipinski definition) is 4. The molecule has 0 unspecified atom stereocenters. The van der Waals surface area contributed by atoms with Gasteiger partial charge < -0.3 is 5.73 Å². The molecule has 0 aliphatic carbocycles. The largest absolute Gasteiger partial charge is 0.382 e. The SMILES string of the molecule is CC=C/C(N)=N/Nc1nc2ccccc2s1. The van der Waals surface area contributed by atoms with Crippen LogP contribution in [0.4, 0.5) is 5.13 Å². The van der Waals surface area contributed by atoms with E-state index in [1.807, 2.05) is 37.3 Å². The maximum Gasteiger partial charge on any atom is 0.204 e. The standard InChI is InChI=1S/C11H12N4S/c1-2-5-10(12)14-15-11-13-8-6-3-4-7-9(8)16-11/h2-7H,1H3,(H2,12,14)(H,13,15). The average molecular weight is 232 g/mol. The van der Waals surface area contributed by atoms with Gasteiger partial charge in [-0.15, -0.1) is 0 Å². The smallest absolute Gasteiger partial charge is 0.204 e. The van der Waals surface area contributed by atoms with Crippen molar-refractivity contribution < 1.29 is 0 Å². The first-order chi connectivity index (χ1) is 7.79. The summed E-state index contributed by atoms with van der Waals surface area (Å²) in [5.41, 5.74) is 9.41. The first-order valence-corrected chi connectivity index (χ1v) is 5.68. The number of nitrogens with zero attached hydrogens (tertiary/aromatic N) is 2. The highest BCUT2D eigenvalue weighted by Gasteiger charge is 2.00. The minimum Gasteiger partial charge on any atom is -0.382 e. The molecule has 1 aromatic carbocycles. The minimum atomic E-state index is 0.432. The number of hydrazone groups is 1. The molecular formula is C11H12N4S. The average Bonchev–Trinajstić information content (AvgIpc) is 2.69. The molecule has 0 atom stereocenters. The van der Waals surface area contributed by atoms with Gasteiger partial charge in [-0.1, -0.05) is 29.5 Å². The molecule has 2 aromatic rings. The molecule has 0 saturated carbocycles. The van der Waals surface area contributed by atoms with E-state index >= 15 is 0 Å². The molecule has 0 bridgehead atoms. The van der Waals surface area contributed by atoms with Crippen LogP contribution < -0.4 is 11.2 Å². The molecule has 2 rings (SSSR count). The van der Waals surface area contributed by atoms with Gasteiger partial charge in [-0.2, -0.15) is 5.10 Å². The van der Waals surface area contributed by atoms with Crippen molar-refractivity contribution in [2.24, 2.45) is 10.8 Å². The third kappa shape index (κ3) is 2.38. The number of anilines is 1. The maximum absolute atomic E-state index is 5.60. The minimum absolute atomic E-state index is 0.432. The fourth-order valence-electron chi connectivity index (χ4n) is 1.24. The van der Waals surface area contributed by atoms with E-state index < -0.39 is 0 Å². The summed E-state index contributed by atoms with van der Waals surface area (Å²) in [5, 5.41) is 4.73. The van der Waals surface area contributed by atoms with Crippen LogP contribution in [0.15, 0.2) is 41.5 Å². The summed E-state index contributed by atoms with van der Waals surface area (Å²) in [6.07, 6.45) is 3.55. The van der Waals surface area contributed by atoms with E-state index in [0.29, 0.717) is 5.84 Å². The highest BCUT2D eigenvalue weighted by Crippen LogP contribution is 2.25. The second-order valence-electron chi connectivity index (χ2n) is 3.14. The lowest BCUT2D eigenvalue weighted by Gasteiger charge is -1.93. The Labute approximate surface area is 97.5 Å². The van der Waals surface area contributed by atoms with Gasteiger partial charge in [0.2, 0.25) is 5.13 Å². The lowest BCUT2D eigenvalue weighted by molar-refractivity contribution is 1.29. The van der Waals surface area contributed by atoms with Crippen LogP contribution in [0.25, 0.3) is 10.2 Å². The number of nitrogens with one attached hydrogen (secondary N) is 1. The lowest BCUT2D eigenvalue weighted by atomic mass is 10.3. The van der Waals surface area contributed by atoms with Crippen molar-refractivity contribution in [1.29, 1.82) is 0 Å². The van der Waals surface area contributed by atoms with Crippen LogP contribution >= 0.6 is 11.3 Å². The number of allylic oxidation sites excluding steroid dienone is 1. The lowest BCUT2D eigenvalue weighted by Crippen LogP contribution is -2.09. The molecule has 1 heterocycles. The van der Waals surface area contributed by atoms with E-state index in [9.17, 15) is 0 Å². The maximum atomic E-state index is 5.60. The highest BCUT2D eigenvalue weighted by atomic mass is 32.1. The van der Waals surface area contributed by atoms with E-state index in [4.69, 9.17) is 5.73 Å². The summed E-state index contributed by atoms with van der Waals surface area (Å²) in [6, 6.07) is 7.94. The monoisotopic (exact) mass is 232 g/mol. The van der Waals surface area contributed by atoms with Gasteiger partial charge in [0.05, 0.1) is 10.2 Å². The normalized spacial score (nSPS) is 12.4. The van der Waals surface area contributed by atoms with Crippen molar-refractivity contribution in [2.45, 2.75) is 6.92 Å². The van der Waals surface area contributed by atoms with Gasteiger partial charge in [0.15, 0.2) is 0 Å². The number of nitrogens with two attached hydrogens (primary N) is 1. The molecule has 3 N–H and O–H groups in total. The first kappa shape index (κ1) is 10.6. The molecule has 0 aliphatic heterocycles. The fraction of sp³-hybridized carbons (Fsp3) is 0.0909. The van der Waals surface area contributed by atoms with E-state index in [1.165, 1.54) is 0 Å². The predicted octanol–water partition coefficient (Wildman–Crippen LogP) is 2.56. The van der Waals surface area contributed by atoms with Crippen LogP contribution in [-0.2, 0) is 0 Å². The highest BCUT2D eigenvalue weighted by molar-refractivity contribution is 7.22. The number of thiazole rings is 1. The van der Waals surface area contributed by atoms with E-state index in [2.05, 4.69) is 15.5 Å². The number of aromatic nitrogens is 1. The Hall–Kier alpha value is -1.88. The van der Waals surface area contributed by atoms with Crippen molar-refractivity contribution in [2.75, 3.05) is 5.43 Å². The van der Waals surface area contributed by atoms with Gasteiger partial charge in [-0.3, -0.25) is 5.43 Å². The topological polar surface area (TPSA) is 63.3 Å².